The standard InChI is InChI=1S/C15H28N4O.ClH/c1-6-15(7-2,10-16)14(20)17-9-8-13-11(3)18-19(5)12(13)4;/h6-10,16H2,1-5H3,(H,17,20);1H. The lowest BCUT2D eigenvalue weighted by atomic mass is 9.81. The molecule has 0 unspecified atom stereocenters. The van der Waals surface area contributed by atoms with Crippen LogP contribution in [0.3, 0.4) is 0 Å². The van der Waals surface area contributed by atoms with E-state index in [2.05, 4.69) is 17.3 Å². The number of rotatable bonds is 7. The molecule has 0 atom stereocenters. The zero-order chi connectivity index (χ0) is 15.3. The fourth-order valence-electron chi connectivity index (χ4n) is 2.62. The van der Waals surface area contributed by atoms with Gasteiger partial charge in [-0.3, -0.25) is 9.48 Å². The van der Waals surface area contributed by atoms with Gasteiger partial charge < -0.3 is 11.1 Å². The first-order valence-electron chi connectivity index (χ1n) is 7.39. The smallest absolute Gasteiger partial charge is 0.227 e. The summed E-state index contributed by atoms with van der Waals surface area (Å²) in [6.45, 7) is 9.13. The van der Waals surface area contributed by atoms with E-state index in [9.17, 15) is 4.79 Å². The number of aryl methyl sites for hydroxylation is 2. The van der Waals surface area contributed by atoms with Crippen LogP contribution in [0.2, 0.25) is 0 Å². The summed E-state index contributed by atoms with van der Waals surface area (Å²) in [4.78, 5) is 12.3. The van der Waals surface area contributed by atoms with Gasteiger partial charge in [0.15, 0.2) is 0 Å². The summed E-state index contributed by atoms with van der Waals surface area (Å²) >= 11 is 0. The number of carbonyl (C=O) groups excluding carboxylic acids is 1. The van der Waals surface area contributed by atoms with Gasteiger partial charge in [-0.15, -0.1) is 12.4 Å². The molecule has 5 nitrogen and oxygen atoms in total. The Morgan fingerprint density at radius 3 is 2.29 bits per heavy atom. The van der Waals surface area contributed by atoms with E-state index in [1.54, 1.807) is 0 Å². The predicted octanol–water partition coefficient (Wildman–Crippen LogP) is 1.88. The van der Waals surface area contributed by atoms with E-state index in [1.807, 2.05) is 32.5 Å². The van der Waals surface area contributed by atoms with Gasteiger partial charge in [0.2, 0.25) is 5.91 Å². The Balaban J connectivity index is 0.00000400. The number of hydrogen-bond acceptors (Lipinski definition) is 3. The Kier molecular flexibility index (Phi) is 7.96. The van der Waals surface area contributed by atoms with Gasteiger partial charge in [0.1, 0.15) is 0 Å². The monoisotopic (exact) mass is 316 g/mol. The molecule has 0 saturated heterocycles. The molecule has 0 fully saturated rings. The number of carbonyl (C=O) groups is 1. The average molecular weight is 317 g/mol. The van der Waals surface area contributed by atoms with Gasteiger partial charge in [-0.25, -0.2) is 0 Å². The molecule has 21 heavy (non-hydrogen) atoms. The Hall–Kier alpha value is -1.07. The highest BCUT2D eigenvalue weighted by Gasteiger charge is 2.32. The van der Waals surface area contributed by atoms with Gasteiger partial charge >= 0.3 is 0 Å². The fourth-order valence-corrected chi connectivity index (χ4v) is 2.62. The highest BCUT2D eigenvalue weighted by Crippen LogP contribution is 2.24. The van der Waals surface area contributed by atoms with Crippen LogP contribution in [0.1, 0.15) is 43.6 Å². The van der Waals surface area contributed by atoms with Crippen LogP contribution in [0, 0.1) is 19.3 Å². The van der Waals surface area contributed by atoms with Crippen LogP contribution in [0.25, 0.3) is 0 Å². The van der Waals surface area contributed by atoms with Crippen molar-refractivity contribution in [1.29, 1.82) is 0 Å². The summed E-state index contributed by atoms with van der Waals surface area (Å²) in [7, 11) is 1.94. The fraction of sp³-hybridized carbons (Fsp3) is 0.733. The molecule has 0 saturated carbocycles. The van der Waals surface area contributed by atoms with Crippen molar-refractivity contribution in [2.24, 2.45) is 18.2 Å². The summed E-state index contributed by atoms with van der Waals surface area (Å²) in [5.74, 6) is 0.0733. The Labute approximate surface area is 134 Å². The SMILES string of the molecule is CCC(CC)(CN)C(=O)NCCc1c(C)nn(C)c1C.Cl. The first-order chi connectivity index (χ1) is 9.41. The van der Waals surface area contributed by atoms with E-state index in [-0.39, 0.29) is 18.3 Å². The van der Waals surface area contributed by atoms with Crippen molar-refractivity contribution in [3.63, 3.8) is 0 Å². The van der Waals surface area contributed by atoms with Crippen LogP contribution in [-0.2, 0) is 18.3 Å². The highest BCUT2D eigenvalue weighted by molar-refractivity contribution is 5.85. The van der Waals surface area contributed by atoms with Gasteiger partial charge in [0, 0.05) is 25.8 Å². The first-order valence-corrected chi connectivity index (χ1v) is 7.39. The molecular formula is C15H29ClN4O. The Morgan fingerprint density at radius 1 is 1.33 bits per heavy atom. The number of amides is 1. The lowest BCUT2D eigenvalue weighted by Crippen LogP contribution is -2.45. The normalized spacial score (nSPS) is 11.1. The number of nitrogens with two attached hydrogens (primary N) is 1. The van der Waals surface area contributed by atoms with Crippen LogP contribution in [-0.4, -0.2) is 28.8 Å². The third-order valence-electron chi connectivity index (χ3n) is 4.55. The van der Waals surface area contributed by atoms with E-state index >= 15 is 0 Å². The number of nitrogens with one attached hydrogen (secondary N) is 1. The summed E-state index contributed by atoms with van der Waals surface area (Å²) < 4.78 is 1.88. The molecule has 0 bridgehead atoms. The molecule has 0 spiro atoms. The molecule has 3 N–H and O–H groups in total. The van der Waals surface area contributed by atoms with Crippen molar-refractivity contribution in [2.45, 2.75) is 47.0 Å². The van der Waals surface area contributed by atoms with Gasteiger partial charge in [0.25, 0.3) is 0 Å². The van der Waals surface area contributed by atoms with Crippen molar-refractivity contribution >= 4 is 18.3 Å². The molecular weight excluding hydrogens is 288 g/mol. The van der Waals surface area contributed by atoms with Crippen molar-refractivity contribution in [1.82, 2.24) is 15.1 Å². The summed E-state index contributed by atoms with van der Waals surface area (Å²) in [5.41, 5.74) is 8.79. The van der Waals surface area contributed by atoms with Crippen LogP contribution >= 0.6 is 12.4 Å². The maximum Gasteiger partial charge on any atom is 0.227 e. The molecule has 122 valence electrons. The third-order valence-corrected chi connectivity index (χ3v) is 4.55. The molecule has 0 aliphatic carbocycles. The minimum atomic E-state index is -0.418. The van der Waals surface area contributed by atoms with Crippen molar-refractivity contribution in [3.05, 3.63) is 17.0 Å². The average Bonchev–Trinajstić information content (AvgIpc) is 2.67. The number of nitrogens with zero attached hydrogens (tertiary/aromatic N) is 2. The van der Waals surface area contributed by atoms with Gasteiger partial charge in [-0.1, -0.05) is 13.8 Å². The van der Waals surface area contributed by atoms with Crippen molar-refractivity contribution < 1.29 is 4.79 Å². The first kappa shape index (κ1) is 19.9. The quantitative estimate of drug-likeness (QED) is 0.806. The molecule has 0 aromatic carbocycles. The maximum absolute atomic E-state index is 12.3. The molecule has 0 aliphatic rings. The van der Waals surface area contributed by atoms with E-state index in [0.29, 0.717) is 13.1 Å². The van der Waals surface area contributed by atoms with Crippen molar-refractivity contribution in [2.75, 3.05) is 13.1 Å². The topological polar surface area (TPSA) is 72.9 Å². The van der Waals surface area contributed by atoms with Crippen molar-refractivity contribution in [3.8, 4) is 0 Å². The predicted molar refractivity (Wildman–Crippen MR) is 88.7 cm³/mol. The van der Waals surface area contributed by atoms with Gasteiger partial charge in [0.05, 0.1) is 11.1 Å². The highest BCUT2D eigenvalue weighted by atomic mass is 35.5. The molecule has 1 rings (SSSR count). The summed E-state index contributed by atoms with van der Waals surface area (Å²) in [5, 5.41) is 7.42. The summed E-state index contributed by atoms with van der Waals surface area (Å²) in [6.07, 6.45) is 2.36. The maximum atomic E-state index is 12.3. The van der Waals surface area contributed by atoms with Crippen LogP contribution in [0.15, 0.2) is 0 Å². The minimum Gasteiger partial charge on any atom is -0.355 e. The number of halogens is 1. The zero-order valence-electron chi connectivity index (χ0n) is 13.8. The molecule has 0 radical (unpaired) electrons. The molecule has 6 heteroatoms. The number of aromatic nitrogens is 2. The van der Waals surface area contributed by atoms with E-state index in [4.69, 9.17) is 5.73 Å². The Bertz CT molecular complexity index is 458. The zero-order valence-corrected chi connectivity index (χ0v) is 14.6. The van der Waals surface area contributed by atoms with E-state index in [0.717, 1.165) is 30.7 Å². The second-order valence-electron chi connectivity index (χ2n) is 5.47. The second-order valence-corrected chi connectivity index (χ2v) is 5.47. The molecule has 1 heterocycles. The van der Waals surface area contributed by atoms with Crippen LogP contribution < -0.4 is 11.1 Å². The van der Waals surface area contributed by atoms with Crippen LogP contribution in [0.4, 0.5) is 0 Å². The molecule has 1 aromatic heterocycles. The van der Waals surface area contributed by atoms with E-state index < -0.39 is 5.41 Å². The van der Waals surface area contributed by atoms with E-state index in [1.165, 1.54) is 5.56 Å². The largest absolute Gasteiger partial charge is 0.355 e. The molecule has 1 amide bonds. The van der Waals surface area contributed by atoms with Gasteiger partial charge in [-0.05, 0) is 38.7 Å². The van der Waals surface area contributed by atoms with Crippen LogP contribution in [0.5, 0.6) is 0 Å². The minimum absolute atomic E-state index is 0. The summed E-state index contributed by atoms with van der Waals surface area (Å²) in [6, 6.07) is 0. The molecule has 1 aromatic rings. The number of hydrogen-bond donors (Lipinski definition) is 2. The molecule has 0 aliphatic heterocycles. The van der Waals surface area contributed by atoms with Gasteiger partial charge in [-0.2, -0.15) is 5.10 Å². The Morgan fingerprint density at radius 2 is 1.90 bits per heavy atom. The second kappa shape index (κ2) is 8.39. The lowest BCUT2D eigenvalue weighted by Gasteiger charge is -2.28. The lowest BCUT2D eigenvalue weighted by molar-refractivity contribution is -0.131. The third kappa shape index (κ3) is 4.20.